The van der Waals surface area contributed by atoms with Crippen molar-refractivity contribution in [3.63, 3.8) is 0 Å². The van der Waals surface area contributed by atoms with Crippen LogP contribution in [0.15, 0.2) is 0 Å². The number of ether oxygens (including phenoxy) is 1. The van der Waals surface area contributed by atoms with Gasteiger partial charge in [0.25, 0.3) is 0 Å². The molecule has 4 nitrogen and oxygen atoms in total. The Bertz CT molecular complexity index is 221. The molecule has 1 saturated carbocycles. The molecule has 1 aliphatic carbocycles. The van der Waals surface area contributed by atoms with Crippen molar-refractivity contribution in [2.75, 3.05) is 39.3 Å². The summed E-state index contributed by atoms with van der Waals surface area (Å²) in [5, 5.41) is 3.27. The van der Waals surface area contributed by atoms with E-state index >= 15 is 0 Å². The van der Waals surface area contributed by atoms with Crippen LogP contribution in [0.1, 0.15) is 25.7 Å². The molecule has 0 spiro atoms. The highest BCUT2D eigenvalue weighted by atomic mass is 16.5. The lowest BCUT2D eigenvalue weighted by molar-refractivity contribution is -0.146. The third-order valence-electron chi connectivity index (χ3n) is 3.52. The standard InChI is InChI=1S/C12H22N2O2/c15-12(9-14-7-5-13-6-8-14)16-10-11-3-1-2-4-11/h11,13H,1-10H2. The van der Waals surface area contributed by atoms with Gasteiger partial charge >= 0.3 is 5.97 Å². The molecule has 4 heteroatoms. The van der Waals surface area contributed by atoms with Crippen molar-refractivity contribution in [2.45, 2.75) is 25.7 Å². The molecule has 1 heterocycles. The molecule has 2 rings (SSSR count). The average molecular weight is 226 g/mol. The quantitative estimate of drug-likeness (QED) is 0.714. The minimum Gasteiger partial charge on any atom is -0.464 e. The topological polar surface area (TPSA) is 41.6 Å². The first-order chi connectivity index (χ1) is 7.84. The number of nitrogens with one attached hydrogen (secondary N) is 1. The van der Waals surface area contributed by atoms with E-state index in [4.69, 9.17) is 4.74 Å². The molecule has 1 saturated heterocycles. The van der Waals surface area contributed by atoms with E-state index < -0.39 is 0 Å². The van der Waals surface area contributed by atoms with Crippen LogP contribution < -0.4 is 5.32 Å². The predicted octanol–water partition coefficient (Wildman–Crippen LogP) is 0.625. The Labute approximate surface area is 97.3 Å². The molecule has 1 aliphatic heterocycles. The summed E-state index contributed by atoms with van der Waals surface area (Å²) in [5.74, 6) is 0.584. The molecular formula is C12H22N2O2. The first kappa shape index (κ1) is 11.9. The van der Waals surface area contributed by atoms with Crippen molar-refractivity contribution >= 4 is 5.97 Å². The Kier molecular flexibility index (Phi) is 4.60. The number of hydrogen-bond acceptors (Lipinski definition) is 4. The fourth-order valence-corrected chi connectivity index (χ4v) is 2.49. The summed E-state index contributed by atoms with van der Waals surface area (Å²) in [6, 6.07) is 0. The molecule has 0 unspecified atom stereocenters. The lowest BCUT2D eigenvalue weighted by Crippen LogP contribution is -2.45. The summed E-state index contributed by atoms with van der Waals surface area (Å²) in [6.07, 6.45) is 5.09. The summed E-state index contributed by atoms with van der Waals surface area (Å²) >= 11 is 0. The maximum Gasteiger partial charge on any atom is 0.320 e. The predicted molar refractivity (Wildman–Crippen MR) is 62.2 cm³/mol. The van der Waals surface area contributed by atoms with Crippen LogP contribution in [0.2, 0.25) is 0 Å². The lowest BCUT2D eigenvalue weighted by Gasteiger charge is -2.26. The molecule has 16 heavy (non-hydrogen) atoms. The Balaban J connectivity index is 1.59. The normalized spacial score (nSPS) is 23.5. The van der Waals surface area contributed by atoms with Gasteiger partial charge in [-0.3, -0.25) is 9.69 Å². The fraction of sp³-hybridized carbons (Fsp3) is 0.917. The molecular weight excluding hydrogens is 204 g/mol. The van der Waals surface area contributed by atoms with Gasteiger partial charge in [-0.15, -0.1) is 0 Å². The molecule has 0 radical (unpaired) electrons. The second-order valence-electron chi connectivity index (χ2n) is 4.86. The summed E-state index contributed by atoms with van der Waals surface area (Å²) in [4.78, 5) is 13.7. The van der Waals surface area contributed by atoms with E-state index in [-0.39, 0.29) is 5.97 Å². The molecule has 92 valence electrons. The summed E-state index contributed by atoms with van der Waals surface area (Å²) in [6.45, 7) is 4.99. The minimum atomic E-state index is -0.0474. The number of carbonyl (C=O) groups excluding carboxylic acids is 1. The van der Waals surface area contributed by atoms with E-state index in [1.165, 1.54) is 25.7 Å². The van der Waals surface area contributed by atoms with Gasteiger partial charge in [-0.25, -0.2) is 0 Å². The highest BCUT2D eigenvalue weighted by Crippen LogP contribution is 2.24. The number of esters is 1. The van der Waals surface area contributed by atoms with Gasteiger partial charge in [-0.05, 0) is 18.8 Å². The molecule has 0 atom stereocenters. The smallest absolute Gasteiger partial charge is 0.320 e. The van der Waals surface area contributed by atoms with E-state index in [9.17, 15) is 4.79 Å². The largest absolute Gasteiger partial charge is 0.464 e. The van der Waals surface area contributed by atoms with E-state index in [2.05, 4.69) is 10.2 Å². The molecule has 0 aromatic carbocycles. The van der Waals surface area contributed by atoms with Crippen LogP contribution in [0, 0.1) is 5.92 Å². The maximum atomic E-state index is 11.6. The van der Waals surface area contributed by atoms with Crippen LogP contribution >= 0.6 is 0 Å². The molecule has 0 aromatic heterocycles. The third-order valence-corrected chi connectivity index (χ3v) is 3.52. The van der Waals surface area contributed by atoms with Crippen molar-refractivity contribution in [3.05, 3.63) is 0 Å². The van der Waals surface area contributed by atoms with Crippen LogP contribution in [0.5, 0.6) is 0 Å². The zero-order valence-electron chi connectivity index (χ0n) is 9.91. The second-order valence-corrected chi connectivity index (χ2v) is 4.86. The van der Waals surface area contributed by atoms with Crippen LogP contribution in [-0.2, 0) is 9.53 Å². The van der Waals surface area contributed by atoms with Gasteiger partial charge < -0.3 is 10.1 Å². The summed E-state index contributed by atoms with van der Waals surface area (Å²) in [5.41, 5.74) is 0. The zero-order chi connectivity index (χ0) is 11.2. The number of piperazine rings is 1. The Morgan fingerprint density at radius 1 is 1.25 bits per heavy atom. The van der Waals surface area contributed by atoms with Crippen molar-refractivity contribution in [3.8, 4) is 0 Å². The van der Waals surface area contributed by atoms with Crippen molar-refractivity contribution in [2.24, 2.45) is 5.92 Å². The second kappa shape index (κ2) is 6.21. The number of rotatable bonds is 4. The van der Waals surface area contributed by atoms with E-state index in [1.807, 2.05) is 0 Å². The van der Waals surface area contributed by atoms with E-state index in [0.717, 1.165) is 26.2 Å². The van der Waals surface area contributed by atoms with Crippen LogP contribution in [-0.4, -0.2) is 50.2 Å². The van der Waals surface area contributed by atoms with E-state index in [0.29, 0.717) is 19.1 Å². The monoisotopic (exact) mass is 226 g/mol. The Hall–Kier alpha value is -0.610. The van der Waals surface area contributed by atoms with Gasteiger partial charge in [0.15, 0.2) is 0 Å². The number of carbonyl (C=O) groups is 1. The van der Waals surface area contributed by atoms with Gasteiger partial charge in [0, 0.05) is 26.2 Å². The molecule has 0 bridgehead atoms. The first-order valence-electron chi connectivity index (χ1n) is 6.43. The summed E-state index contributed by atoms with van der Waals surface area (Å²) in [7, 11) is 0. The van der Waals surface area contributed by atoms with Gasteiger partial charge in [-0.2, -0.15) is 0 Å². The van der Waals surface area contributed by atoms with Gasteiger partial charge in [-0.1, -0.05) is 12.8 Å². The number of hydrogen-bond donors (Lipinski definition) is 1. The van der Waals surface area contributed by atoms with Crippen LogP contribution in [0.3, 0.4) is 0 Å². The van der Waals surface area contributed by atoms with Crippen molar-refractivity contribution in [1.82, 2.24) is 10.2 Å². The SMILES string of the molecule is O=C(CN1CCNCC1)OCC1CCCC1. The highest BCUT2D eigenvalue weighted by Gasteiger charge is 2.18. The van der Waals surface area contributed by atoms with Gasteiger partial charge in [0.2, 0.25) is 0 Å². The molecule has 0 aromatic rings. The fourth-order valence-electron chi connectivity index (χ4n) is 2.49. The minimum absolute atomic E-state index is 0.0474. The van der Waals surface area contributed by atoms with Crippen molar-refractivity contribution in [1.29, 1.82) is 0 Å². The Morgan fingerprint density at radius 3 is 2.62 bits per heavy atom. The summed E-state index contributed by atoms with van der Waals surface area (Å²) < 4.78 is 5.33. The van der Waals surface area contributed by atoms with E-state index in [1.54, 1.807) is 0 Å². The Morgan fingerprint density at radius 2 is 1.94 bits per heavy atom. The molecule has 2 aliphatic rings. The first-order valence-corrected chi connectivity index (χ1v) is 6.43. The van der Waals surface area contributed by atoms with Crippen molar-refractivity contribution < 1.29 is 9.53 Å². The van der Waals surface area contributed by atoms with Crippen LogP contribution in [0.4, 0.5) is 0 Å². The number of nitrogens with zero attached hydrogens (tertiary/aromatic N) is 1. The lowest BCUT2D eigenvalue weighted by atomic mass is 10.1. The maximum absolute atomic E-state index is 11.6. The zero-order valence-corrected chi connectivity index (χ0v) is 9.91. The van der Waals surface area contributed by atoms with Gasteiger partial charge in [0.1, 0.15) is 0 Å². The van der Waals surface area contributed by atoms with Crippen LogP contribution in [0.25, 0.3) is 0 Å². The molecule has 1 N–H and O–H groups in total. The molecule has 0 amide bonds. The van der Waals surface area contributed by atoms with Gasteiger partial charge in [0.05, 0.1) is 13.2 Å². The third kappa shape index (κ3) is 3.76. The average Bonchev–Trinajstić information content (AvgIpc) is 2.81. The highest BCUT2D eigenvalue weighted by molar-refractivity contribution is 5.71. The molecule has 2 fully saturated rings.